The highest BCUT2D eigenvalue weighted by atomic mass is 16.3. The zero-order valence-corrected chi connectivity index (χ0v) is 30.6. The fourth-order valence-corrected chi connectivity index (χ4v) is 7.55. The van der Waals surface area contributed by atoms with Crippen molar-refractivity contribution >= 4 is 60.5 Å². The molecule has 0 aliphatic rings. The van der Waals surface area contributed by atoms with Gasteiger partial charge in [0, 0.05) is 39.2 Å². The van der Waals surface area contributed by atoms with E-state index >= 15 is 0 Å². The SMILES string of the molecule is [2H]c1c([2H])c([2H])c(-c2c([2H])c([2H])c3c([2H])c([2H])c(-c4c([2H])c([2H])c(N(c5ccc6c(c5)oc5c(-c7ccccc7)cccc56)c5ccc(-c6ccccc6)c6ccccc56)c([2H])c4[2H])c([2H])c3c2[2H])c([2H])c1[2H]. The number of hydrogen-bond donors (Lipinski definition) is 0. The van der Waals surface area contributed by atoms with Gasteiger partial charge in [-0.25, -0.2) is 0 Å². The third-order valence-corrected chi connectivity index (χ3v) is 10.3. The maximum atomic E-state index is 9.81. The molecule has 0 atom stereocenters. The fourth-order valence-electron chi connectivity index (χ4n) is 7.55. The van der Waals surface area contributed by atoms with Crippen LogP contribution < -0.4 is 4.90 Å². The van der Waals surface area contributed by atoms with Gasteiger partial charge in [-0.2, -0.15) is 0 Å². The molecule has 11 rings (SSSR count). The summed E-state index contributed by atoms with van der Waals surface area (Å²) in [5.74, 6) is 0. The van der Waals surface area contributed by atoms with Crippen LogP contribution in [0.25, 0.3) is 88.0 Å². The van der Waals surface area contributed by atoms with E-state index in [2.05, 4.69) is 0 Å². The van der Waals surface area contributed by atoms with Crippen LogP contribution in [-0.2, 0) is 0 Å². The molecule has 0 unspecified atom stereocenters. The van der Waals surface area contributed by atoms with Gasteiger partial charge in [0.25, 0.3) is 0 Å². The quantitative estimate of drug-likeness (QED) is 0.161. The van der Waals surface area contributed by atoms with Crippen molar-refractivity contribution in [3.05, 3.63) is 224 Å². The van der Waals surface area contributed by atoms with Crippen molar-refractivity contribution < 1.29 is 25.0 Å². The number of para-hydroxylation sites is 1. The number of hydrogen-bond acceptors (Lipinski definition) is 2. The highest BCUT2D eigenvalue weighted by Crippen LogP contribution is 2.45. The minimum atomic E-state index is -0.772. The summed E-state index contributed by atoms with van der Waals surface area (Å²) in [5, 5.41) is 2.19. The maximum absolute atomic E-state index is 9.81. The van der Waals surface area contributed by atoms with Crippen LogP contribution in [0.2, 0.25) is 0 Å². The largest absolute Gasteiger partial charge is 0.455 e. The van der Waals surface area contributed by atoms with E-state index in [1.165, 1.54) is 0 Å². The Labute approximate surface area is 358 Å². The molecule has 1 aromatic heterocycles. The van der Waals surface area contributed by atoms with Gasteiger partial charge in [0.05, 0.1) is 26.2 Å². The molecule has 0 saturated heterocycles. The van der Waals surface area contributed by atoms with E-state index in [-0.39, 0.29) is 5.69 Å². The molecular formula is C56H37NO. The third-order valence-electron chi connectivity index (χ3n) is 10.3. The first-order chi connectivity index (χ1) is 35.0. The second-order valence-corrected chi connectivity index (χ2v) is 13.7. The molecule has 1 heterocycles. The Morgan fingerprint density at radius 1 is 0.379 bits per heavy atom. The lowest BCUT2D eigenvalue weighted by atomic mass is 9.96. The van der Waals surface area contributed by atoms with Gasteiger partial charge in [0.15, 0.2) is 0 Å². The predicted octanol–water partition coefficient (Wildman–Crippen LogP) is 16.0. The van der Waals surface area contributed by atoms with Gasteiger partial charge in [0.2, 0.25) is 0 Å². The van der Waals surface area contributed by atoms with Crippen LogP contribution in [0, 0.1) is 0 Å². The van der Waals surface area contributed by atoms with E-state index < -0.39 is 124 Å². The Kier molecular flexibility index (Phi) is 5.25. The van der Waals surface area contributed by atoms with Crippen LogP contribution in [0.5, 0.6) is 0 Å². The molecule has 58 heavy (non-hydrogen) atoms. The first kappa shape index (κ1) is 21.6. The van der Waals surface area contributed by atoms with Crippen LogP contribution in [0.4, 0.5) is 17.1 Å². The lowest BCUT2D eigenvalue weighted by Crippen LogP contribution is -2.10. The summed E-state index contributed by atoms with van der Waals surface area (Å²) in [7, 11) is 0. The number of anilines is 3. The Hall–Kier alpha value is -7.68. The molecule has 0 saturated carbocycles. The number of fused-ring (bicyclic) bond motifs is 5. The Bertz CT molecular complexity index is 4100. The lowest BCUT2D eigenvalue weighted by molar-refractivity contribution is 0.670. The average molecular weight is 755 g/mol. The van der Waals surface area contributed by atoms with Crippen LogP contribution in [-0.4, -0.2) is 0 Å². The van der Waals surface area contributed by atoms with Crippen LogP contribution >= 0.6 is 0 Å². The Balaban J connectivity index is 1.18. The monoisotopic (exact) mass is 754 g/mol. The van der Waals surface area contributed by atoms with E-state index in [0.29, 0.717) is 27.9 Å². The van der Waals surface area contributed by atoms with Crippen molar-refractivity contribution in [2.75, 3.05) is 4.90 Å². The third kappa shape index (κ3) is 5.91. The zero-order valence-electron chi connectivity index (χ0n) is 45.6. The summed E-state index contributed by atoms with van der Waals surface area (Å²) in [4.78, 5) is 1.63. The van der Waals surface area contributed by atoms with E-state index in [4.69, 9.17) is 15.4 Å². The van der Waals surface area contributed by atoms with E-state index in [0.717, 1.165) is 38.4 Å². The number of nitrogens with zero attached hydrogens (tertiary/aromatic N) is 1. The first-order valence-corrected chi connectivity index (χ1v) is 18.6. The smallest absolute Gasteiger partial charge is 0.143 e. The molecule has 0 aliphatic heterocycles. The zero-order chi connectivity index (χ0) is 51.5. The molecule has 2 nitrogen and oxygen atoms in total. The maximum Gasteiger partial charge on any atom is 0.143 e. The predicted molar refractivity (Wildman–Crippen MR) is 245 cm³/mol. The summed E-state index contributed by atoms with van der Waals surface area (Å²) in [6, 6.07) is 31.6. The summed E-state index contributed by atoms with van der Waals surface area (Å²) in [6.45, 7) is 0. The topological polar surface area (TPSA) is 16.4 Å². The average Bonchev–Trinajstić information content (AvgIpc) is 3.79. The molecular weight excluding hydrogens is 703 g/mol. The van der Waals surface area contributed by atoms with Crippen molar-refractivity contribution in [2.24, 2.45) is 0 Å². The van der Waals surface area contributed by atoms with Crippen LogP contribution in [0.3, 0.4) is 0 Å². The summed E-state index contributed by atoms with van der Waals surface area (Å²) < 4.78 is 143. The van der Waals surface area contributed by atoms with Crippen molar-refractivity contribution in [3.8, 4) is 44.5 Å². The number of furan rings is 1. The molecule has 2 heteroatoms. The molecule has 10 aromatic carbocycles. The van der Waals surface area contributed by atoms with Crippen molar-refractivity contribution in [1.82, 2.24) is 0 Å². The summed E-state index contributed by atoms with van der Waals surface area (Å²) in [5.41, 5.74) is 3.23. The second-order valence-electron chi connectivity index (χ2n) is 13.7. The lowest BCUT2D eigenvalue weighted by Gasteiger charge is -2.27. The van der Waals surface area contributed by atoms with E-state index in [1.807, 2.05) is 127 Å². The number of rotatable bonds is 7. The standard InChI is InChI=1S/C56H37NO/c1-4-13-38(14-5-1)43-25-23-40-24-26-44(36-45(40)35-43)39-27-29-46(30-28-39)57(54-34-33-48(41-15-6-2-7-16-41)50-19-10-11-20-51(50)54)47-31-32-52-53-22-12-21-49(42-17-8-3-9-18-42)56(53)58-55(52)37-47/h1-37H/i1D,4D,5D,13D,14D,23D,24D,25D,26D,27D,28D,29D,30D,35D,36D. The minimum absolute atomic E-state index is 0.196. The molecule has 11 aromatic rings. The molecule has 0 N–H and O–H groups in total. The van der Waals surface area contributed by atoms with Gasteiger partial charge in [-0.05, 0) is 97.5 Å². The van der Waals surface area contributed by atoms with Crippen molar-refractivity contribution in [2.45, 2.75) is 0 Å². The molecule has 0 amide bonds. The fraction of sp³-hybridized carbons (Fsp3) is 0. The van der Waals surface area contributed by atoms with Crippen molar-refractivity contribution in [1.29, 1.82) is 0 Å². The van der Waals surface area contributed by atoms with Crippen LogP contribution in [0.15, 0.2) is 229 Å². The van der Waals surface area contributed by atoms with E-state index in [9.17, 15) is 9.60 Å². The van der Waals surface area contributed by atoms with Crippen molar-refractivity contribution in [3.63, 3.8) is 0 Å². The first-order valence-electron chi connectivity index (χ1n) is 26.1. The van der Waals surface area contributed by atoms with Gasteiger partial charge >= 0.3 is 0 Å². The normalized spacial score (nSPS) is 15.1. The molecule has 0 aliphatic carbocycles. The summed E-state index contributed by atoms with van der Waals surface area (Å²) in [6.07, 6.45) is 0. The molecule has 0 radical (unpaired) electrons. The molecule has 272 valence electrons. The Morgan fingerprint density at radius 3 is 1.72 bits per heavy atom. The van der Waals surface area contributed by atoms with Gasteiger partial charge in [-0.1, -0.05) is 176 Å². The van der Waals surface area contributed by atoms with Gasteiger partial charge < -0.3 is 9.32 Å². The van der Waals surface area contributed by atoms with Gasteiger partial charge in [-0.15, -0.1) is 0 Å². The summed E-state index contributed by atoms with van der Waals surface area (Å²) >= 11 is 0. The molecule has 0 bridgehead atoms. The van der Waals surface area contributed by atoms with Gasteiger partial charge in [0.1, 0.15) is 11.2 Å². The Morgan fingerprint density at radius 2 is 1.00 bits per heavy atom. The van der Waals surface area contributed by atoms with E-state index in [1.54, 1.807) is 11.0 Å². The number of benzene rings is 10. The second kappa shape index (κ2) is 14.1. The highest BCUT2D eigenvalue weighted by molar-refractivity contribution is 6.11. The minimum Gasteiger partial charge on any atom is -0.455 e. The molecule has 0 fully saturated rings. The highest BCUT2D eigenvalue weighted by Gasteiger charge is 2.20. The molecule has 0 spiro atoms. The van der Waals surface area contributed by atoms with Gasteiger partial charge in [-0.3, -0.25) is 0 Å². The van der Waals surface area contributed by atoms with Crippen LogP contribution in [0.1, 0.15) is 20.6 Å².